The molecule has 0 radical (unpaired) electrons. The standard InChI is InChI=1S/C26H26N2/c1-21(25-17-16-24-14-8-9-15-26(24)27-25)18-28(19-22-10-4-2-5-11-22)20-23-12-6-3-7-13-23/h2-17,21H,18-20H2,1H3. The normalized spacial score (nSPS) is 12.4. The lowest BCUT2D eigenvalue weighted by Gasteiger charge is -2.26. The van der Waals surface area contributed by atoms with Crippen molar-refractivity contribution in [1.82, 2.24) is 9.88 Å². The molecule has 1 unspecified atom stereocenters. The summed E-state index contributed by atoms with van der Waals surface area (Å²) in [5.74, 6) is 0.358. The van der Waals surface area contributed by atoms with Gasteiger partial charge >= 0.3 is 0 Å². The van der Waals surface area contributed by atoms with Gasteiger partial charge in [-0.2, -0.15) is 0 Å². The maximum atomic E-state index is 4.92. The van der Waals surface area contributed by atoms with Crippen molar-refractivity contribution in [3.8, 4) is 0 Å². The van der Waals surface area contributed by atoms with E-state index in [2.05, 4.69) is 109 Å². The molecule has 0 saturated carbocycles. The molecule has 0 spiro atoms. The predicted octanol–water partition coefficient (Wildman–Crippen LogP) is 6.04. The minimum Gasteiger partial charge on any atom is -0.294 e. The van der Waals surface area contributed by atoms with E-state index >= 15 is 0 Å². The summed E-state index contributed by atoms with van der Waals surface area (Å²) in [6.07, 6.45) is 0. The number of nitrogens with zero attached hydrogens (tertiary/aromatic N) is 2. The molecule has 4 rings (SSSR count). The van der Waals surface area contributed by atoms with Gasteiger partial charge in [0, 0.05) is 36.6 Å². The number of fused-ring (bicyclic) bond motifs is 1. The number of benzene rings is 3. The molecule has 0 aliphatic carbocycles. The first-order valence-corrected chi connectivity index (χ1v) is 9.94. The summed E-state index contributed by atoms with van der Waals surface area (Å²) >= 11 is 0. The monoisotopic (exact) mass is 366 g/mol. The van der Waals surface area contributed by atoms with Crippen molar-refractivity contribution in [2.24, 2.45) is 0 Å². The Morgan fingerprint density at radius 3 is 1.89 bits per heavy atom. The summed E-state index contributed by atoms with van der Waals surface area (Å²) in [4.78, 5) is 7.44. The molecule has 28 heavy (non-hydrogen) atoms. The van der Waals surface area contributed by atoms with Gasteiger partial charge in [0.1, 0.15) is 0 Å². The molecule has 140 valence electrons. The van der Waals surface area contributed by atoms with Crippen LogP contribution in [-0.4, -0.2) is 16.4 Å². The van der Waals surface area contributed by atoms with Crippen LogP contribution in [0.2, 0.25) is 0 Å². The number of aromatic nitrogens is 1. The van der Waals surface area contributed by atoms with Crippen LogP contribution in [0, 0.1) is 0 Å². The molecule has 0 aliphatic rings. The molecule has 1 aromatic heterocycles. The zero-order valence-electron chi connectivity index (χ0n) is 16.3. The third-order valence-corrected chi connectivity index (χ3v) is 5.15. The van der Waals surface area contributed by atoms with Crippen molar-refractivity contribution >= 4 is 10.9 Å². The molecule has 0 fully saturated rings. The Morgan fingerprint density at radius 1 is 0.679 bits per heavy atom. The third-order valence-electron chi connectivity index (χ3n) is 5.15. The SMILES string of the molecule is CC(CN(Cc1ccccc1)Cc1ccccc1)c1ccc2ccccc2n1. The van der Waals surface area contributed by atoms with E-state index in [1.165, 1.54) is 16.5 Å². The molecule has 0 amide bonds. The van der Waals surface area contributed by atoms with Gasteiger partial charge in [-0.15, -0.1) is 0 Å². The van der Waals surface area contributed by atoms with Crippen molar-refractivity contribution in [3.63, 3.8) is 0 Å². The fraction of sp³-hybridized carbons (Fsp3) is 0.192. The maximum Gasteiger partial charge on any atom is 0.0705 e. The first-order valence-electron chi connectivity index (χ1n) is 9.94. The van der Waals surface area contributed by atoms with Crippen LogP contribution in [0.25, 0.3) is 10.9 Å². The molecule has 0 N–H and O–H groups in total. The lowest BCUT2D eigenvalue weighted by Crippen LogP contribution is -2.27. The fourth-order valence-corrected chi connectivity index (χ4v) is 3.71. The van der Waals surface area contributed by atoms with Gasteiger partial charge in [0.05, 0.1) is 5.52 Å². The second-order valence-electron chi connectivity index (χ2n) is 7.47. The van der Waals surface area contributed by atoms with E-state index in [1.807, 2.05) is 0 Å². The first kappa shape index (κ1) is 18.4. The second-order valence-corrected chi connectivity index (χ2v) is 7.47. The highest BCUT2D eigenvalue weighted by atomic mass is 15.1. The topological polar surface area (TPSA) is 16.1 Å². The largest absolute Gasteiger partial charge is 0.294 e. The second kappa shape index (κ2) is 8.81. The predicted molar refractivity (Wildman–Crippen MR) is 117 cm³/mol. The van der Waals surface area contributed by atoms with Gasteiger partial charge in [-0.25, -0.2) is 0 Å². The summed E-state index contributed by atoms with van der Waals surface area (Å²) in [6, 6.07) is 34.1. The molecule has 1 heterocycles. The highest BCUT2D eigenvalue weighted by molar-refractivity contribution is 5.78. The molecule has 2 heteroatoms. The Bertz CT molecular complexity index is 970. The average molecular weight is 367 g/mol. The van der Waals surface area contributed by atoms with Crippen LogP contribution >= 0.6 is 0 Å². The molecule has 0 bridgehead atoms. The minimum absolute atomic E-state index is 0.358. The zero-order valence-corrected chi connectivity index (χ0v) is 16.3. The van der Waals surface area contributed by atoms with E-state index in [1.54, 1.807) is 0 Å². The summed E-state index contributed by atoms with van der Waals surface area (Å²) in [6.45, 7) is 5.12. The van der Waals surface area contributed by atoms with E-state index in [-0.39, 0.29) is 0 Å². The number of pyridine rings is 1. The van der Waals surface area contributed by atoms with Gasteiger partial charge < -0.3 is 0 Å². The number of para-hydroxylation sites is 1. The maximum absolute atomic E-state index is 4.92. The lowest BCUT2D eigenvalue weighted by molar-refractivity contribution is 0.242. The molecular formula is C26H26N2. The number of rotatable bonds is 7. The van der Waals surface area contributed by atoms with Gasteiger partial charge in [-0.1, -0.05) is 91.9 Å². The number of hydrogen-bond donors (Lipinski definition) is 0. The molecule has 0 aliphatic heterocycles. The Balaban J connectivity index is 1.54. The van der Waals surface area contributed by atoms with E-state index in [0.29, 0.717) is 5.92 Å². The Morgan fingerprint density at radius 2 is 1.25 bits per heavy atom. The van der Waals surface area contributed by atoms with E-state index in [0.717, 1.165) is 30.8 Å². The van der Waals surface area contributed by atoms with Gasteiger partial charge in [0.2, 0.25) is 0 Å². The highest BCUT2D eigenvalue weighted by Gasteiger charge is 2.15. The molecule has 1 atom stereocenters. The van der Waals surface area contributed by atoms with Crippen LogP contribution in [-0.2, 0) is 13.1 Å². The van der Waals surface area contributed by atoms with E-state index in [9.17, 15) is 0 Å². The summed E-state index contributed by atoms with van der Waals surface area (Å²) < 4.78 is 0. The van der Waals surface area contributed by atoms with Crippen molar-refractivity contribution < 1.29 is 0 Å². The summed E-state index contributed by atoms with van der Waals surface area (Å²) in [7, 11) is 0. The smallest absolute Gasteiger partial charge is 0.0705 e. The molecule has 4 aromatic rings. The van der Waals surface area contributed by atoms with Crippen LogP contribution in [0.3, 0.4) is 0 Å². The minimum atomic E-state index is 0.358. The van der Waals surface area contributed by atoms with Crippen molar-refractivity contribution in [1.29, 1.82) is 0 Å². The molecule has 2 nitrogen and oxygen atoms in total. The molecule has 3 aromatic carbocycles. The van der Waals surface area contributed by atoms with Gasteiger partial charge in [0.25, 0.3) is 0 Å². The molecular weight excluding hydrogens is 340 g/mol. The van der Waals surface area contributed by atoms with E-state index < -0.39 is 0 Å². The summed E-state index contributed by atoms with van der Waals surface area (Å²) in [5.41, 5.74) is 4.92. The molecule has 0 saturated heterocycles. The Hall–Kier alpha value is -2.97. The zero-order chi connectivity index (χ0) is 19.2. The van der Waals surface area contributed by atoms with Crippen LogP contribution in [0.4, 0.5) is 0 Å². The van der Waals surface area contributed by atoms with Crippen molar-refractivity contribution in [3.05, 3.63) is 114 Å². The fourth-order valence-electron chi connectivity index (χ4n) is 3.71. The van der Waals surface area contributed by atoms with Gasteiger partial charge in [-0.3, -0.25) is 9.88 Å². The first-order chi connectivity index (χ1) is 13.8. The van der Waals surface area contributed by atoms with Crippen LogP contribution in [0.15, 0.2) is 97.1 Å². The van der Waals surface area contributed by atoms with Crippen molar-refractivity contribution in [2.75, 3.05) is 6.54 Å². The van der Waals surface area contributed by atoms with Crippen LogP contribution < -0.4 is 0 Å². The Labute approximate surface area is 167 Å². The lowest BCUT2D eigenvalue weighted by atomic mass is 10.0. The number of hydrogen-bond acceptors (Lipinski definition) is 2. The van der Waals surface area contributed by atoms with Gasteiger partial charge in [0.15, 0.2) is 0 Å². The van der Waals surface area contributed by atoms with Crippen LogP contribution in [0.1, 0.15) is 29.7 Å². The van der Waals surface area contributed by atoms with E-state index in [4.69, 9.17) is 4.98 Å². The Kier molecular flexibility index (Phi) is 5.79. The summed E-state index contributed by atoms with van der Waals surface area (Å²) in [5, 5.41) is 1.20. The van der Waals surface area contributed by atoms with Gasteiger partial charge in [-0.05, 0) is 23.3 Å². The van der Waals surface area contributed by atoms with Crippen LogP contribution in [0.5, 0.6) is 0 Å². The highest BCUT2D eigenvalue weighted by Crippen LogP contribution is 2.21. The van der Waals surface area contributed by atoms with Crippen molar-refractivity contribution in [2.45, 2.75) is 25.9 Å². The quantitative estimate of drug-likeness (QED) is 0.396. The third kappa shape index (κ3) is 4.65. The average Bonchev–Trinajstić information content (AvgIpc) is 2.75.